The van der Waals surface area contributed by atoms with Gasteiger partial charge in [-0.2, -0.15) is 0 Å². The van der Waals surface area contributed by atoms with Crippen molar-refractivity contribution in [3.63, 3.8) is 0 Å². The predicted octanol–water partition coefficient (Wildman–Crippen LogP) is 1.03. The van der Waals surface area contributed by atoms with Crippen molar-refractivity contribution in [3.05, 3.63) is 18.2 Å². The SMILES string of the molecule is COC(=O)C(Cc1nccn1C)NC(=O)OC(C)(C)C. The Hall–Kier alpha value is -2.05. The number of hydrogen-bond acceptors (Lipinski definition) is 5. The Morgan fingerprint density at radius 1 is 1.45 bits per heavy atom. The van der Waals surface area contributed by atoms with Gasteiger partial charge in [-0.05, 0) is 20.8 Å². The quantitative estimate of drug-likeness (QED) is 0.834. The lowest BCUT2D eigenvalue weighted by Crippen LogP contribution is -2.45. The molecule has 1 rings (SSSR count). The lowest BCUT2D eigenvalue weighted by molar-refractivity contribution is -0.143. The predicted molar refractivity (Wildman–Crippen MR) is 72.1 cm³/mol. The number of methoxy groups -OCH3 is 1. The van der Waals surface area contributed by atoms with Gasteiger partial charge in [-0.3, -0.25) is 0 Å². The Bertz CT molecular complexity index is 476. The van der Waals surface area contributed by atoms with Crippen LogP contribution in [-0.2, 0) is 27.7 Å². The maximum Gasteiger partial charge on any atom is 0.408 e. The zero-order valence-corrected chi connectivity index (χ0v) is 12.5. The molecule has 1 N–H and O–H groups in total. The van der Waals surface area contributed by atoms with Crippen molar-refractivity contribution in [1.82, 2.24) is 14.9 Å². The highest BCUT2D eigenvalue weighted by Crippen LogP contribution is 2.08. The van der Waals surface area contributed by atoms with Gasteiger partial charge >= 0.3 is 12.1 Å². The second-order valence-electron chi connectivity index (χ2n) is 5.38. The van der Waals surface area contributed by atoms with E-state index in [2.05, 4.69) is 15.0 Å². The van der Waals surface area contributed by atoms with Gasteiger partial charge in [0, 0.05) is 25.9 Å². The van der Waals surface area contributed by atoms with Gasteiger partial charge in [0.2, 0.25) is 0 Å². The zero-order valence-electron chi connectivity index (χ0n) is 12.5. The standard InChI is InChI=1S/C13H21N3O4/c1-13(2,3)20-12(18)15-9(11(17)19-5)8-10-14-6-7-16(10)4/h6-7,9H,8H2,1-5H3,(H,15,18). The van der Waals surface area contributed by atoms with Gasteiger partial charge in [0.05, 0.1) is 7.11 Å². The molecule has 112 valence electrons. The molecular formula is C13H21N3O4. The third-order valence-electron chi connectivity index (χ3n) is 2.48. The number of aryl methyl sites for hydroxylation is 1. The van der Waals surface area contributed by atoms with Gasteiger partial charge in [0.1, 0.15) is 17.5 Å². The summed E-state index contributed by atoms with van der Waals surface area (Å²) in [6.45, 7) is 5.25. The van der Waals surface area contributed by atoms with Crippen molar-refractivity contribution in [3.8, 4) is 0 Å². The minimum atomic E-state index is -0.837. The molecule has 1 unspecified atom stereocenters. The summed E-state index contributed by atoms with van der Waals surface area (Å²) in [6.07, 6.45) is 2.95. The smallest absolute Gasteiger partial charge is 0.408 e. The minimum absolute atomic E-state index is 0.232. The van der Waals surface area contributed by atoms with E-state index >= 15 is 0 Å². The first-order valence-electron chi connectivity index (χ1n) is 6.26. The van der Waals surface area contributed by atoms with E-state index in [0.717, 1.165) is 0 Å². The number of nitrogens with one attached hydrogen (secondary N) is 1. The van der Waals surface area contributed by atoms with Crippen LogP contribution in [0.4, 0.5) is 4.79 Å². The van der Waals surface area contributed by atoms with E-state index in [-0.39, 0.29) is 6.42 Å². The van der Waals surface area contributed by atoms with Crippen LogP contribution in [0.5, 0.6) is 0 Å². The van der Waals surface area contributed by atoms with E-state index < -0.39 is 23.7 Å². The van der Waals surface area contributed by atoms with Crippen molar-refractivity contribution < 1.29 is 19.1 Å². The number of aromatic nitrogens is 2. The summed E-state index contributed by atoms with van der Waals surface area (Å²) in [7, 11) is 3.08. The zero-order chi connectivity index (χ0) is 15.3. The fraction of sp³-hybridized carbons (Fsp3) is 0.615. The summed E-state index contributed by atoms with van der Waals surface area (Å²) in [6, 6.07) is -0.837. The summed E-state index contributed by atoms with van der Waals surface area (Å²) in [5, 5.41) is 2.50. The van der Waals surface area contributed by atoms with Gasteiger partial charge in [-0.25, -0.2) is 14.6 Å². The monoisotopic (exact) mass is 283 g/mol. The number of hydrogen-bond donors (Lipinski definition) is 1. The van der Waals surface area contributed by atoms with Crippen LogP contribution in [0.2, 0.25) is 0 Å². The van der Waals surface area contributed by atoms with E-state index in [9.17, 15) is 9.59 Å². The Morgan fingerprint density at radius 3 is 2.55 bits per heavy atom. The van der Waals surface area contributed by atoms with E-state index in [1.54, 1.807) is 37.7 Å². The molecule has 0 aliphatic heterocycles. The molecule has 1 heterocycles. The summed E-state index contributed by atoms with van der Waals surface area (Å²) < 4.78 is 11.6. The van der Waals surface area contributed by atoms with Gasteiger partial charge in [-0.15, -0.1) is 0 Å². The maximum absolute atomic E-state index is 11.7. The van der Waals surface area contributed by atoms with Crippen molar-refractivity contribution in [2.24, 2.45) is 7.05 Å². The van der Waals surface area contributed by atoms with Crippen molar-refractivity contribution in [1.29, 1.82) is 0 Å². The fourth-order valence-corrected chi connectivity index (χ4v) is 1.56. The van der Waals surface area contributed by atoms with Crippen LogP contribution < -0.4 is 5.32 Å². The number of nitrogens with zero attached hydrogens (tertiary/aromatic N) is 2. The lowest BCUT2D eigenvalue weighted by atomic mass is 10.2. The Kier molecular flexibility index (Phi) is 5.12. The largest absolute Gasteiger partial charge is 0.467 e. The molecule has 1 amide bonds. The number of imidazole rings is 1. The molecule has 0 radical (unpaired) electrons. The highest BCUT2D eigenvalue weighted by Gasteiger charge is 2.26. The van der Waals surface area contributed by atoms with Crippen LogP contribution in [0, 0.1) is 0 Å². The van der Waals surface area contributed by atoms with Gasteiger partial charge < -0.3 is 19.4 Å². The van der Waals surface area contributed by atoms with Crippen LogP contribution in [0.1, 0.15) is 26.6 Å². The Balaban J connectivity index is 2.73. The third-order valence-corrected chi connectivity index (χ3v) is 2.48. The molecule has 0 aromatic carbocycles. The number of alkyl carbamates (subject to hydrolysis) is 1. The molecular weight excluding hydrogens is 262 g/mol. The fourth-order valence-electron chi connectivity index (χ4n) is 1.56. The molecule has 7 nitrogen and oxygen atoms in total. The molecule has 20 heavy (non-hydrogen) atoms. The molecule has 1 aromatic rings. The second-order valence-corrected chi connectivity index (χ2v) is 5.38. The lowest BCUT2D eigenvalue weighted by Gasteiger charge is -2.22. The number of rotatable bonds is 4. The Labute approximate surface area is 118 Å². The van der Waals surface area contributed by atoms with Gasteiger partial charge in [-0.1, -0.05) is 0 Å². The third kappa shape index (κ3) is 4.91. The summed E-state index contributed by atoms with van der Waals surface area (Å²) in [5.74, 6) is 0.121. The highest BCUT2D eigenvalue weighted by atomic mass is 16.6. The maximum atomic E-state index is 11.7. The molecule has 0 bridgehead atoms. The molecule has 0 fully saturated rings. The van der Waals surface area contributed by atoms with E-state index in [1.807, 2.05) is 7.05 Å². The van der Waals surface area contributed by atoms with E-state index in [4.69, 9.17) is 4.74 Å². The molecule has 1 aromatic heterocycles. The number of esters is 1. The number of carbonyl (C=O) groups is 2. The topological polar surface area (TPSA) is 82.5 Å². The average Bonchev–Trinajstić information content (AvgIpc) is 2.70. The number of carbonyl (C=O) groups excluding carboxylic acids is 2. The van der Waals surface area contributed by atoms with Crippen LogP contribution in [0.15, 0.2) is 12.4 Å². The second kappa shape index (κ2) is 6.40. The molecule has 1 atom stereocenters. The van der Waals surface area contributed by atoms with Crippen LogP contribution >= 0.6 is 0 Å². The Morgan fingerprint density at radius 2 is 2.10 bits per heavy atom. The molecule has 0 saturated carbocycles. The van der Waals surface area contributed by atoms with Crippen LogP contribution in [-0.4, -0.2) is 40.4 Å². The van der Waals surface area contributed by atoms with Gasteiger partial charge in [0.15, 0.2) is 0 Å². The minimum Gasteiger partial charge on any atom is -0.467 e. The van der Waals surface area contributed by atoms with E-state index in [1.165, 1.54) is 7.11 Å². The van der Waals surface area contributed by atoms with Crippen molar-refractivity contribution in [2.45, 2.75) is 38.8 Å². The summed E-state index contributed by atoms with van der Waals surface area (Å²) >= 11 is 0. The summed E-state index contributed by atoms with van der Waals surface area (Å²) in [4.78, 5) is 27.6. The molecule has 0 spiro atoms. The van der Waals surface area contributed by atoms with Crippen molar-refractivity contribution in [2.75, 3.05) is 7.11 Å². The number of ether oxygens (including phenoxy) is 2. The first-order valence-corrected chi connectivity index (χ1v) is 6.26. The summed E-state index contributed by atoms with van der Waals surface area (Å²) in [5.41, 5.74) is -0.631. The van der Waals surface area contributed by atoms with Crippen LogP contribution in [0.3, 0.4) is 0 Å². The van der Waals surface area contributed by atoms with Gasteiger partial charge in [0.25, 0.3) is 0 Å². The average molecular weight is 283 g/mol. The molecule has 0 saturated heterocycles. The first kappa shape index (κ1) is 16.0. The highest BCUT2D eigenvalue weighted by molar-refractivity contribution is 5.81. The molecule has 0 aliphatic carbocycles. The van der Waals surface area contributed by atoms with Crippen molar-refractivity contribution >= 4 is 12.1 Å². The molecule has 7 heteroatoms. The molecule has 0 aliphatic rings. The van der Waals surface area contributed by atoms with Crippen LogP contribution in [0.25, 0.3) is 0 Å². The van der Waals surface area contributed by atoms with E-state index in [0.29, 0.717) is 5.82 Å². The first-order chi connectivity index (χ1) is 9.23. The normalized spacial score (nSPS) is 12.7. The number of amides is 1.